The van der Waals surface area contributed by atoms with E-state index in [0.717, 1.165) is 5.56 Å². The van der Waals surface area contributed by atoms with E-state index in [0.29, 0.717) is 10.8 Å². The molecule has 2 aromatic rings. The number of aliphatic hydroxyl groups excluding tert-OH is 1. The highest BCUT2D eigenvalue weighted by Gasteiger charge is 2.20. The molecule has 116 valence electrons. The molecule has 0 aromatic heterocycles. The third-order valence-corrected chi connectivity index (χ3v) is 3.52. The Bertz CT molecular complexity index is 618. The number of carbonyl (C=O) groups is 1. The van der Waals surface area contributed by atoms with Crippen LogP contribution >= 0.6 is 11.6 Å². The molecule has 0 saturated carbocycles. The van der Waals surface area contributed by atoms with Crippen LogP contribution in [0.4, 0.5) is 0 Å². The summed E-state index contributed by atoms with van der Waals surface area (Å²) < 4.78 is 5.56. The van der Waals surface area contributed by atoms with Crippen LogP contribution in [0, 0.1) is 0 Å². The third-order valence-electron chi connectivity index (χ3n) is 3.21. The fraction of sp³-hybridized carbons (Fsp3) is 0.235. The summed E-state index contributed by atoms with van der Waals surface area (Å²) in [5.41, 5.74) is 0.836. The molecule has 0 spiro atoms. The number of carbonyl (C=O) groups excluding carboxylic acids is 1. The van der Waals surface area contributed by atoms with Crippen molar-refractivity contribution < 1.29 is 14.6 Å². The van der Waals surface area contributed by atoms with Crippen molar-refractivity contribution in [3.8, 4) is 5.75 Å². The largest absolute Gasteiger partial charge is 0.479 e. The SMILES string of the molecule is CC(Oc1ccccc1Cl)C(=O)NC(CO)c1ccccc1. The Labute approximate surface area is 134 Å². The average Bonchev–Trinajstić information content (AvgIpc) is 2.55. The molecular weight excluding hydrogens is 302 g/mol. The summed E-state index contributed by atoms with van der Waals surface area (Å²) in [4.78, 5) is 12.2. The average molecular weight is 320 g/mol. The maximum absolute atomic E-state index is 12.2. The molecular formula is C17H18ClNO3. The molecule has 0 heterocycles. The smallest absolute Gasteiger partial charge is 0.261 e. The summed E-state index contributed by atoms with van der Waals surface area (Å²) in [6, 6.07) is 15.8. The maximum atomic E-state index is 12.2. The Kier molecular flexibility index (Phi) is 5.81. The molecule has 5 heteroatoms. The second-order valence-corrected chi connectivity index (χ2v) is 5.25. The summed E-state index contributed by atoms with van der Waals surface area (Å²) >= 11 is 6.01. The van der Waals surface area contributed by atoms with Gasteiger partial charge in [0.05, 0.1) is 17.7 Å². The summed E-state index contributed by atoms with van der Waals surface area (Å²) in [6.45, 7) is 1.45. The molecule has 22 heavy (non-hydrogen) atoms. The zero-order chi connectivity index (χ0) is 15.9. The lowest BCUT2D eigenvalue weighted by molar-refractivity contribution is -0.128. The second-order valence-electron chi connectivity index (χ2n) is 4.84. The van der Waals surface area contributed by atoms with E-state index in [1.54, 1.807) is 31.2 Å². The van der Waals surface area contributed by atoms with Crippen LogP contribution in [-0.2, 0) is 4.79 Å². The Hall–Kier alpha value is -2.04. The van der Waals surface area contributed by atoms with Crippen molar-refractivity contribution in [2.75, 3.05) is 6.61 Å². The van der Waals surface area contributed by atoms with Crippen LogP contribution in [0.3, 0.4) is 0 Å². The number of benzene rings is 2. The predicted octanol–water partition coefficient (Wildman–Crippen LogP) is 2.96. The van der Waals surface area contributed by atoms with Crippen LogP contribution in [0.2, 0.25) is 5.02 Å². The van der Waals surface area contributed by atoms with Crippen LogP contribution < -0.4 is 10.1 Å². The summed E-state index contributed by atoms with van der Waals surface area (Å²) in [7, 11) is 0. The number of ether oxygens (including phenoxy) is 1. The quantitative estimate of drug-likeness (QED) is 0.860. The molecule has 0 bridgehead atoms. The monoisotopic (exact) mass is 319 g/mol. The van der Waals surface area contributed by atoms with E-state index >= 15 is 0 Å². The van der Waals surface area contributed by atoms with Gasteiger partial charge in [0.2, 0.25) is 0 Å². The molecule has 0 aliphatic carbocycles. The van der Waals surface area contributed by atoms with Gasteiger partial charge in [0.25, 0.3) is 5.91 Å². The minimum absolute atomic E-state index is 0.186. The zero-order valence-electron chi connectivity index (χ0n) is 12.2. The molecule has 0 fully saturated rings. The molecule has 2 unspecified atom stereocenters. The molecule has 4 nitrogen and oxygen atoms in total. The minimum atomic E-state index is -0.724. The van der Waals surface area contributed by atoms with Crippen LogP contribution in [0.15, 0.2) is 54.6 Å². The van der Waals surface area contributed by atoms with Crippen molar-refractivity contribution in [1.29, 1.82) is 0 Å². The number of aliphatic hydroxyl groups is 1. The zero-order valence-corrected chi connectivity index (χ0v) is 13.0. The summed E-state index contributed by atoms with van der Waals surface area (Å²) in [6.07, 6.45) is -0.724. The van der Waals surface area contributed by atoms with E-state index in [1.807, 2.05) is 30.3 Å². The first-order valence-corrected chi connectivity index (χ1v) is 7.37. The lowest BCUT2D eigenvalue weighted by Gasteiger charge is -2.20. The summed E-state index contributed by atoms with van der Waals surface area (Å²) in [5.74, 6) is 0.134. The van der Waals surface area contributed by atoms with Gasteiger partial charge in [-0.25, -0.2) is 0 Å². The fourth-order valence-corrected chi connectivity index (χ4v) is 2.17. The first-order chi connectivity index (χ1) is 10.6. The van der Waals surface area contributed by atoms with E-state index in [-0.39, 0.29) is 12.5 Å². The van der Waals surface area contributed by atoms with E-state index in [1.165, 1.54) is 0 Å². The van der Waals surface area contributed by atoms with Crippen molar-refractivity contribution in [2.24, 2.45) is 0 Å². The Morgan fingerprint density at radius 1 is 1.18 bits per heavy atom. The number of hydrogen-bond acceptors (Lipinski definition) is 3. The maximum Gasteiger partial charge on any atom is 0.261 e. The van der Waals surface area contributed by atoms with Crippen LogP contribution in [-0.4, -0.2) is 23.7 Å². The van der Waals surface area contributed by atoms with Gasteiger partial charge in [-0.3, -0.25) is 4.79 Å². The predicted molar refractivity (Wildman–Crippen MR) is 86.0 cm³/mol. The highest BCUT2D eigenvalue weighted by molar-refractivity contribution is 6.32. The lowest BCUT2D eigenvalue weighted by Crippen LogP contribution is -2.39. The van der Waals surface area contributed by atoms with E-state index in [4.69, 9.17) is 16.3 Å². The molecule has 0 radical (unpaired) electrons. The minimum Gasteiger partial charge on any atom is -0.479 e. The molecule has 0 saturated heterocycles. The van der Waals surface area contributed by atoms with Crippen molar-refractivity contribution in [3.63, 3.8) is 0 Å². The van der Waals surface area contributed by atoms with Gasteiger partial charge in [-0.05, 0) is 24.6 Å². The number of hydrogen-bond donors (Lipinski definition) is 2. The van der Waals surface area contributed by atoms with Crippen LogP contribution in [0.5, 0.6) is 5.75 Å². The van der Waals surface area contributed by atoms with Gasteiger partial charge in [-0.1, -0.05) is 54.1 Å². The van der Waals surface area contributed by atoms with Gasteiger partial charge < -0.3 is 15.2 Å². The molecule has 2 aromatic carbocycles. The molecule has 2 rings (SSSR count). The molecule has 0 aliphatic rings. The number of amides is 1. The first kappa shape index (κ1) is 16.3. The van der Waals surface area contributed by atoms with Gasteiger partial charge in [0.15, 0.2) is 6.10 Å². The highest BCUT2D eigenvalue weighted by Crippen LogP contribution is 2.24. The van der Waals surface area contributed by atoms with Gasteiger partial charge in [0, 0.05) is 0 Å². The van der Waals surface area contributed by atoms with Crippen molar-refractivity contribution in [1.82, 2.24) is 5.32 Å². The fourth-order valence-electron chi connectivity index (χ4n) is 1.99. The van der Waals surface area contributed by atoms with E-state index in [9.17, 15) is 9.90 Å². The third kappa shape index (κ3) is 4.23. The van der Waals surface area contributed by atoms with E-state index < -0.39 is 12.1 Å². The second kappa shape index (κ2) is 7.82. The van der Waals surface area contributed by atoms with Crippen molar-refractivity contribution in [3.05, 3.63) is 65.2 Å². The van der Waals surface area contributed by atoms with Gasteiger partial charge in [-0.2, -0.15) is 0 Å². The Morgan fingerprint density at radius 2 is 1.82 bits per heavy atom. The van der Waals surface area contributed by atoms with Gasteiger partial charge >= 0.3 is 0 Å². The highest BCUT2D eigenvalue weighted by atomic mass is 35.5. The molecule has 1 amide bonds. The Balaban J connectivity index is 2.00. The van der Waals surface area contributed by atoms with E-state index in [2.05, 4.69) is 5.32 Å². The Morgan fingerprint density at radius 3 is 2.45 bits per heavy atom. The van der Waals surface area contributed by atoms with Crippen molar-refractivity contribution >= 4 is 17.5 Å². The first-order valence-electron chi connectivity index (χ1n) is 6.99. The number of halogens is 1. The summed E-state index contributed by atoms with van der Waals surface area (Å²) in [5, 5.41) is 12.7. The standard InChI is InChI=1S/C17H18ClNO3/c1-12(22-16-10-6-5-9-14(16)18)17(21)19-15(11-20)13-7-3-2-4-8-13/h2-10,12,15,20H,11H2,1H3,(H,19,21). The molecule has 0 aliphatic heterocycles. The van der Waals surface area contributed by atoms with Gasteiger partial charge in [0.1, 0.15) is 5.75 Å². The van der Waals surface area contributed by atoms with Gasteiger partial charge in [-0.15, -0.1) is 0 Å². The molecule has 2 atom stereocenters. The number of rotatable bonds is 6. The number of para-hydroxylation sites is 1. The molecule has 2 N–H and O–H groups in total. The normalized spacial score (nSPS) is 13.2. The van der Waals surface area contributed by atoms with Crippen LogP contribution in [0.25, 0.3) is 0 Å². The van der Waals surface area contributed by atoms with Crippen LogP contribution in [0.1, 0.15) is 18.5 Å². The van der Waals surface area contributed by atoms with Crippen molar-refractivity contribution in [2.45, 2.75) is 19.1 Å². The number of nitrogens with one attached hydrogen (secondary N) is 1. The topological polar surface area (TPSA) is 58.6 Å². The lowest BCUT2D eigenvalue weighted by atomic mass is 10.1.